The third-order valence-electron chi connectivity index (χ3n) is 2.18. The van der Waals surface area contributed by atoms with E-state index in [-0.39, 0.29) is 17.1 Å². The molecule has 2 rings (SSSR count). The van der Waals surface area contributed by atoms with Gasteiger partial charge in [0.1, 0.15) is 22.8 Å². The molecule has 0 spiro atoms. The highest BCUT2D eigenvalue weighted by Gasteiger charge is 2.10. The van der Waals surface area contributed by atoms with E-state index in [4.69, 9.17) is 14.9 Å². The predicted octanol–water partition coefficient (Wildman–Crippen LogP) is 2.88. The molecule has 4 nitrogen and oxygen atoms in total. The first kappa shape index (κ1) is 11.0. The summed E-state index contributed by atoms with van der Waals surface area (Å²) >= 11 is 0. The number of carboxylic acids is 1. The van der Waals surface area contributed by atoms with Gasteiger partial charge < -0.3 is 14.9 Å². The molecule has 4 heteroatoms. The van der Waals surface area contributed by atoms with Gasteiger partial charge >= 0.3 is 5.97 Å². The molecule has 0 saturated carbocycles. The normalized spacial score (nSPS) is 9.88. The van der Waals surface area contributed by atoms with Gasteiger partial charge in [0, 0.05) is 0 Å². The number of hydrogen-bond acceptors (Lipinski definition) is 3. The van der Waals surface area contributed by atoms with Gasteiger partial charge in [0.2, 0.25) is 0 Å². The number of para-hydroxylation sites is 1. The van der Waals surface area contributed by atoms with Gasteiger partial charge in [-0.3, -0.25) is 0 Å². The fourth-order valence-corrected chi connectivity index (χ4v) is 1.37. The van der Waals surface area contributed by atoms with Crippen LogP contribution in [0.2, 0.25) is 0 Å². The number of rotatable bonds is 3. The van der Waals surface area contributed by atoms with Gasteiger partial charge in [-0.2, -0.15) is 0 Å². The van der Waals surface area contributed by atoms with E-state index >= 15 is 0 Å². The maximum atomic E-state index is 10.9. The summed E-state index contributed by atoms with van der Waals surface area (Å²) in [6.45, 7) is 0. The van der Waals surface area contributed by atoms with Gasteiger partial charge in [-0.1, -0.05) is 12.1 Å². The summed E-state index contributed by atoms with van der Waals surface area (Å²) in [4.78, 5) is 10.9. The summed E-state index contributed by atoms with van der Waals surface area (Å²) < 4.78 is 5.43. The molecule has 17 heavy (non-hydrogen) atoms. The summed E-state index contributed by atoms with van der Waals surface area (Å²) in [5.74, 6) is -0.176. The topological polar surface area (TPSA) is 66.8 Å². The molecule has 0 atom stereocenters. The minimum Gasteiger partial charge on any atom is -0.508 e. The van der Waals surface area contributed by atoms with Crippen molar-refractivity contribution < 1.29 is 19.7 Å². The van der Waals surface area contributed by atoms with Crippen LogP contribution in [0.25, 0.3) is 0 Å². The standard InChI is InChI=1S/C13H10O4/c14-9-5-7-10(8-6-9)17-12-4-2-1-3-11(12)13(15)16/h1-8,14H,(H,15,16). The third-order valence-corrected chi connectivity index (χ3v) is 2.18. The third kappa shape index (κ3) is 2.55. The monoisotopic (exact) mass is 230 g/mol. The first-order valence-electron chi connectivity index (χ1n) is 4.96. The molecule has 86 valence electrons. The SMILES string of the molecule is O=C(O)c1ccccc1Oc1ccc(O)cc1. The highest BCUT2D eigenvalue weighted by Crippen LogP contribution is 2.26. The number of aromatic carboxylic acids is 1. The molecule has 0 bridgehead atoms. The van der Waals surface area contributed by atoms with Crippen LogP contribution < -0.4 is 4.74 Å². The quantitative estimate of drug-likeness (QED) is 0.850. The van der Waals surface area contributed by atoms with Gasteiger partial charge in [-0.25, -0.2) is 4.79 Å². The van der Waals surface area contributed by atoms with Gasteiger partial charge in [-0.05, 0) is 36.4 Å². The Morgan fingerprint density at radius 3 is 2.29 bits per heavy atom. The molecule has 0 aliphatic carbocycles. The Labute approximate surface area is 97.7 Å². The Bertz CT molecular complexity index is 531. The molecule has 2 N–H and O–H groups in total. The average Bonchev–Trinajstić information content (AvgIpc) is 2.32. The second kappa shape index (κ2) is 4.57. The largest absolute Gasteiger partial charge is 0.508 e. The Balaban J connectivity index is 2.30. The summed E-state index contributed by atoms with van der Waals surface area (Å²) in [5, 5.41) is 18.1. The summed E-state index contributed by atoms with van der Waals surface area (Å²) in [5.41, 5.74) is 0.0978. The van der Waals surface area contributed by atoms with E-state index in [0.29, 0.717) is 5.75 Å². The van der Waals surface area contributed by atoms with Crippen molar-refractivity contribution in [2.24, 2.45) is 0 Å². The molecule has 0 heterocycles. The molecule has 2 aromatic rings. The molecule has 0 aliphatic rings. The minimum atomic E-state index is -1.04. The molecule has 0 saturated heterocycles. The van der Waals surface area contributed by atoms with E-state index in [1.54, 1.807) is 30.3 Å². The van der Waals surface area contributed by atoms with Crippen molar-refractivity contribution in [3.63, 3.8) is 0 Å². The van der Waals surface area contributed by atoms with Crippen LogP contribution in [0.1, 0.15) is 10.4 Å². The summed E-state index contributed by atoms with van der Waals surface area (Å²) in [6, 6.07) is 12.4. The Morgan fingerprint density at radius 2 is 1.65 bits per heavy atom. The zero-order valence-electron chi connectivity index (χ0n) is 8.83. The Hall–Kier alpha value is -2.49. The second-order valence-electron chi connectivity index (χ2n) is 3.40. The maximum absolute atomic E-state index is 10.9. The van der Waals surface area contributed by atoms with Crippen LogP contribution >= 0.6 is 0 Å². The van der Waals surface area contributed by atoms with Crippen molar-refractivity contribution in [3.05, 3.63) is 54.1 Å². The van der Waals surface area contributed by atoms with E-state index < -0.39 is 5.97 Å². The molecule has 0 amide bonds. The Kier molecular flexibility index (Phi) is 2.96. The van der Waals surface area contributed by atoms with Crippen LogP contribution in [0.15, 0.2) is 48.5 Å². The highest BCUT2D eigenvalue weighted by atomic mass is 16.5. The van der Waals surface area contributed by atoms with Crippen LogP contribution in [0.5, 0.6) is 17.2 Å². The van der Waals surface area contributed by atoms with E-state index in [2.05, 4.69) is 0 Å². The summed E-state index contributed by atoms with van der Waals surface area (Å²) in [6.07, 6.45) is 0. The maximum Gasteiger partial charge on any atom is 0.339 e. The van der Waals surface area contributed by atoms with Gasteiger partial charge in [0.25, 0.3) is 0 Å². The number of phenolic OH excluding ortho intramolecular Hbond substituents is 1. The van der Waals surface area contributed by atoms with Crippen molar-refractivity contribution >= 4 is 5.97 Å². The summed E-state index contributed by atoms with van der Waals surface area (Å²) in [7, 11) is 0. The first-order valence-corrected chi connectivity index (χ1v) is 4.96. The lowest BCUT2D eigenvalue weighted by Gasteiger charge is -2.08. The molecule has 0 aliphatic heterocycles. The van der Waals surface area contributed by atoms with Crippen LogP contribution in [0.4, 0.5) is 0 Å². The van der Waals surface area contributed by atoms with Crippen LogP contribution in [0, 0.1) is 0 Å². The van der Waals surface area contributed by atoms with Gasteiger partial charge in [0.15, 0.2) is 0 Å². The highest BCUT2D eigenvalue weighted by molar-refractivity contribution is 5.90. The molecule has 0 fully saturated rings. The predicted molar refractivity (Wildman–Crippen MR) is 61.6 cm³/mol. The lowest BCUT2D eigenvalue weighted by molar-refractivity contribution is 0.0694. The first-order chi connectivity index (χ1) is 8.16. The smallest absolute Gasteiger partial charge is 0.339 e. The van der Waals surface area contributed by atoms with Crippen LogP contribution in [-0.4, -0.2) is 16.2 Å². The van der Waals surface area contributed by atoms with E-state index in [1.807, 2.05) is 0 Å². The number of benzene rings is 2. The van der Waals surface area contributed by atoms with Gasteiger partial charge in [-0.15, -0.1) is 0 Å². The van der Waals surface area contributed by atoms with Crippen molar-refractivity contribution in [2.45, 2.75) is 0 Å². The molecule has 2 aromatic carbocycles. The van der Waals surface area contributed by atoms with Crippen molar-refractivity contribution in [1.82, 2.24) is 0 Å². The number of ether oxygens (including phenoxy) is 1. The Morgan fingerprint density at radius 1 is 1.00 bits per heavy atom. The lowest BCUT2D eigenvalue weighted by Crippen LogP contribution is -1.99. The van der Waals surface area contributed by atoms with Crippen molar-refractivity contribution in [2.75, 3.05) is 0 Å². The molecular weight excluding hydrogens is 220 g/mol. The molecule has 0 aromatic heterocycles. The number of phenols is 1. The second-order valence-corrected chi connectivity index (χ2v) is 3.40. The van der Waals surface area contributed by atoms with E-state index in [1.165, 1.54) is 18.2 Å². The van der Waals surface area contributed by atoms with Gasteiger partial charge in [0.05, 0.1) is 0 Å². The van der Waals surface area contributed by atoms with E-state index in [0.717, 1.165) is 0 Å². The zero-order chi connectivity index (χ0) is 12.3. The fourth-order valence-electron chi connectivity index (χ4n) is 1.37. The molecule has 0 radical (unpaired) electrons. The van der Waals surface area contributed by atoms with Crippen LogP contribution in [-0.2, 0) is 0 Å². The average molecular weight is 230 g/mol. The van der Waals surface area contributed by atoms with Crippen molar-refractivity contribution in [1.29, 1.82) is 0 Å². The lowest BCUT2D eigenvalue weighted by atomic mass is 10.2. The molecule has 0 unspecified atom stereocenters. The zero-order valence-corrected chi connectivity index (χ0v) is 8.83. The van der Waals surface area contributed by atoms with E-state index in [9.17, 15) is 4.79 Å². The number of carbonyl (C=O) groups is 1. The molecular formula is C13H10O4. The fraction of sp³-hybridized carbons (Fsp3) is 0. The van der Waals surface area contributed by atoms with Crippen molar-refractivity contribution in [3.8, 4) is 17.2 Å². The number of hydrogen-bond donors (Lipinski definition) is 2. The van der Waals surface area contributed by atoms with Crippen LogP contribution in [0.3, 0.4) is 0 Å². The number of aromatic hydroxyl groups is 1. The number of carboxylic acid groups (broad SMARTS) is 1. The minimum absolute atomic E-state index is 0.0978.